The van der Waals surface area contributed by atoms with Crippen LogP contribution in [0.2, 0.25) is 0 Å². The topological polar surface area (TPSA) is 41.1 Å². The molecule has 1 aromatic rings. The molecule has 1 amide bonds. The Morgan fingerprint density at radius 1 is 1.35 bits per heavy atom. The van der Waals surface area contributed by atoms with Crippen molar-refractivity contribution in [3.63, 3.8) is 0 Å². The van der Waals surface area contributed by atoms with Crippen molar-refractivity contribution in [2.24, 2.45) is 0 Å². The maximum absolute atomic E-state index is 12.3. The van der Waals surface area contributed by atoms with Crippen LogP contribution in [-0.2, 0) is 17.8 Å². The van der Waals surface area contributed by atoms with E-state index in [4.69, 9.17) is 0 Å². The van der Waals surface area contributed by atoms with E-state index in [1.807, 2.05) is 6.07 Å². The largest absolute Gasteiger partial charge is 0.352 e. The van der Waals surface area contributed by atoms with E-state index < -0.39 is 0 Å². The number of hydrogen-bond acceptors (Lipinski definition) is 2. The van der Waals surface area contributed by atoms with E-state index in [0.29, 0.717) is 0 Å². The molecule has 110 valence electrons. The molecular weight excluding hydrogens is 248 g/mol. The van der Waals surface area contributed by atoms with Gasteiger partial charge in [0.15, 0.2) is 0 Å². The van der Waals surface area contributed by atoms with Gasteiger partial charge < -0.3 is 10.6 Å². The third-order valence-electron chi connectivity index (χ3n) is 4.03. The number of carbonyl (C=O) groups excluding carboxylic acids is 1. The molecule has 20 heavy (non-hydrogen) atoms. The molecule has 1 aliphatic heterocycles. The number of benzene rings is 1. The van der Waals surface area contributed by atoms with Crippen molar-refractivity contribution < 1.29 is 4.79 Å². The summed E-state index contributed by atoms with van der Waals surface area (Å²) in [4.78, 5) is 12.3. The lowest BCUT2D eigenvalue weighted by Crippen LogP contribution is -2.49. The van der Waals surface area contributed by atoms with Crippen LogP contribution in [0.1, 0.15) is 50.7 Å². The van der Waals surface area contributed by atoms with Gasteiger partial charge in [-0.3, -0.25) is 4.79 Å². The Balaban J connectivity index is 1.82. The average Bonchev–Trinajstić information content (AvgIpc) is 2.47. The van der Waals surface area contributed by atoms with Crippen LogP contribution in [0.3, 0.4) is 0 Å². The Morgan fingerprint density at radius 3 is 2.85 bits per heavy atom. The number of unbranched alkanes of at least 4 members (excludes halogenated alkanes) is 2. The molecule has 0 aliphatic carbocycles. The first kappa shape index (κ1) is 15.0. The molecule has 1 aliphatic rings. The SMILES string of the molecule is CCCCCC(C)NC(=O)C1Cc2ccccc2CN1. The lowest BCUT2D eigenvalue weighted by atomic mass is 9.95. The summed E-state index contributed by atoms with van der Waals surface area (Å²) in [5, 5.41) is 6.47. The van der Waals surface area contributed by atoms with Crippen molar-refractivity contribution in [3.05, 3.63) is 35.4 Å². The van der Waals surface area contributed by atoms with Crippen LogP contribution in [0.5, 0.6) is 0 Å². The minimum Gasteiger partial charge on any atom is -0.352 e. The van der Waals surface area contributed by atoms with Crippen LogP contribution in [0.25, 0.3) is 0 Å². The minimum atomic E-state index is -0.0847. The second-order valence-electron chi connectivity index (χ2n) is 5.81. The predicted octanol–water partition coefficient (Wildman–Crippen LogP) is 2.79. The van der Waals surface area contributed by atoms with E-state index in [1.165, 1.54) is 30.4 Å². The van der Waals surface area contributed by atoms with Crippen LogP contribution in [-0.4, -0.2) is 18.0 Å². The van der Waals surface area contributed by atoms with Gasteiger partial charge in [-0.25, -0.2) is 0 Å². The maximum Gasteiger partial charge on any atom is 0.237 e. The van der Waals surface area contributed by atoms with Crippen molar-refractivity contribution in [3.8, 4) is 0 Å². The van der Waals surface area contributed by atoms with E-state index in [9.17, 15) is 4.79 Å². The Kier molecular flexibility index (Phi) is 5.60. The molecule has 1 heterocycles. The summed E-state index contributed by atoms with van der Waals surface area (Å²) in [5.41, 5.74) is 2.61. The fraction of sp³-hybridized carbons (Fsp3) is 0.588. The Morgan fingerprint density at radius 2 is 2.10 bits per heavy atom. The van der Waals surface area contributed by atoms with Crippen molar-refractivity contribution in [1.29, 1.82) is 0 Å². The van der Waals surface area contributed by atoms with Gasteiger partial charge in [0.2, 0.25) is 5.91 Å². The molecule has 0 spiro atoms. The number of hydrogen-bond donors (Lipinski definition) is 2. The van der Waals surface area contributed by atoms with Gasteiger partial charge >= 0.3 is 0 Å². The van der Waals surface area contributed by atoms with E-state index in [0.717, 1.165) is 19.4 Å². The fourth-order valence-electron chi connectivity index (χ4n) is 2.76. The highest BCUT2D eigenvalue weighted by Crippen LogP contribution is 2.16. The average molecular weight is 274 g/mol. The monoisotopic (exact) mass is 274 g/mol. The van der Waals surface area contributed by atoms with Gasteiger partial charge in [0.05, 0.1) is 6.04 Å². The summed E-state index contributed by atoms with van der Waals surface area (Å²) in [6.07, 6.45) is 5.53. The highest BCUT2D eigenvalue weighted by atomic mass is 16.2. The molecule has 3 heteroatoms. The van der Waals surface area contributed by atoms with Gasteiger partial charge in [-0.05, 0) is 30.9 Å². The van der Waals surface area contributed by atoms with E-state index >= 15 is 0 Å². The number of amides is 1. The van der Waals surface area contributed by atoms with Crippen LogP contribution in [0.15, 0.2) is 24.3 Å². The quantitative estimate of drug-likeness (QED) is 0.783. The molecule has 2 rings (SSSR count). The normalized spacial score (nSPS) is 19.2. The Labute approximate surface area is 122 Å². The summed E-state index contributed by atoms with van der Waals surface area (Å²) in [7, 11) is 0. The molecule has 0 fully saturated rings. The minimum absolute atomic E-state index is 0.0847. The second kappa shape index (κ2) is 7.44. The summed E-state index contributed by atoms with van der Waals surface area (Å²) >= 11 is 0. The predicted molar refractivity (Wildman–Crippen MR) is 82.5 cm³/mol. The molecule has 2 unspecified atom stereocenters. The molecule has 0 aromatic heterocycles. The highest BCUT2D eigenvalue weighted by molar-refractivity contribution is 5.82. The molecule has 0 saturated carbocycles. The van der Waals surface area contributed by atoms with Gasteiger partial charge in [-0.15, -0.1) is 0 Å². The van der Waals surface area contributed by atoms with Crippen LogP contribution in [0, 0.1) is 0 Å². The fourth-order valence-corrected chi connectivity index (χ4v) is 2.76. The zero-order chi connectivity index (χ0) is 14.4. The first-order valence-electron chi connectivity index (χ1n) is 7.81. The van der Waals surface area contributed by atoms with Crippen LogP contribution >= 0.6 is 0 Å². The first-order valence-corrected chi connectivity index (χ1v) is 7.81. The van der Waals surface area contributed by atoms with Crippen molar-refractivity contribution in [1.82, 2.24) is 10.6 Å². The summed E-state index contributed by atoms with van der Waals surface area (Å²) in [5.74, 6) is 0.142. The third kappa shape index (κ3) is 4.07. The van der Waals surface area contributed by atoms with Crippen LogP contribution in [0.4, 0.5) is 0 Å². The van der Waals surface area contributed by atoms with Gasteiger partial charge in [0.1, 0.15) is 0 Å². The summed E-state index contributed by atoms with van der Waals surface area (Å²) in [6.45, 7) is 5.09. The zero-order valence-electron chi connectivity index (χ0n) is 12.6. The standard InChI is InChI=1S/C17H26N2O/c1-3-4-5-8-13(2)19-17(20)16-11-14-9-6-7-10-15(14)12-18-16/h6-7,9-10,13,16,18H,3-5,8,11-12H2,1-2H3,(H,19,20). The third-order valence-corrected chi connectivity index (χ3v) is 4.03. The molecule has 2 N–H and O–H groups in total. The number of fused-ring (bicyclic) bond motifs is 1. The van der Waals surface area contributed by atoms with Gasteiger partial charge in [0.25, 0.3) is 0 Å². The Hall–Kier alpha value is -1.35. The number of carbonyl (C=O) groups is 1. The number of nitrogens with one attached hydrogen (secondary N) is 2. The van der Waals surface area contributed by atoms with E-state index in [2.05, 4.69) is 42.7 Å². The summed E-state index contributed by atoms with van der Waals surface area (Å²) in [6, 6.07) is 8.54. The lowest BCUT2D eigenvalue weighted by Gasteiger charge is -2.26. The molecule has 2 atom stereocenters. The zero-order valence-corrected chi connectivity index (χ0v) is 12.6. The van der Waals surface area contributed by atoms with Crippen molar-refractivity contribution >= 4 is 5.91 Å². The highest BCUT2D eigenvalue weighted by Gasteiger charge is 2.24. The Bertz CT molecular complexity index is 444. The summed E-state index contributed by atoms with van der Waals surface area (Å²) < 4.78 is 0. The maximum atomic E-state index is 12.3. The molecule has 0 radical (unpaired) electrons. The molecule has 1 aromatic carbocycles. The number of rotatable bonds is 6. The van der Waals surface area contributed by atoms with Gasteiger partial charge in [-0.2, -0.15) is 0 Å². The molecule has 0 saturated heterocycles. The smallest absolute Gasteiger partial charge is 0.237 e. The van der Waals surface area contributed by atoms with Crippen molar-refractivity contribution in [2.75, 3.05) is 0 Å². The molecule has 3 nitrogen and oxygen atoms in total. The lowest BCUT2D eigenvalue weighted by molar-refractivity contribution is -0.124. The molecule has 0 bridgehead atoms. The first-order chi connectivity index (χ1) is 9.70. The van der Waals surface area contributed by atoms with E-state index in [1.54, 1.807) is 0 Å². The molecular formula is C17H26N2O. The second-order valence-corrected chi connectivity index (χ2v) is 5.81. The van der Waals surface area contributed by atoms with Gasteiger partial charge in [-0.1, -0.05) is 50.5 Å². The van der Waals surface area contributed by atoms with Crippen molar-refractivity contribution in [2.45, 2.75) is 64.6 Å². The van der Waals surface area contributed by atoms with Gasteiger partial charge in [0, 0.05) is 12.6 Å². The van der Waals surface area contributed by atoms with E-state index in [-0.39, 0.29) is 18.0 Å². The van der Waals surface area contributed by atoms with Crippen LogP contribution < -0.4 is 10.6 Å².